The molecule has 3 rings (SSSR count). The molecule has 0 heterocycles. The van der Waals surface area contributed by atoms with E-state index in [1.807, 2.05) is 36.5 Å². The van der Waals surface area contributed by atoms with Crippen LogP contribution in [0.1, 0.15) is 33.1 Å². The van der Waals surface area contributed by atoms with Crippen molar-refractivity contribution < 1.29 is 38.0 Å². The first-order valence-corrected chi connectivity index (χ1v) is 13.3. The largest absolute Gasteiger partial charge is 0.494 e. The lowest BCUT2D eigenvalue weighted by Crippen LogP contribution is -2.32. The quantitative estimate of drug-likeness (QED) is 0.195. The van der Waals surface area contributed by atoms with Crippen molar-refractivity contribution in [2.45, 2.75) is 51.4 Å². The Morgan fingerprint density at radius 1 is 0.850 bits per heavy atom. The predicted octanol–water partition coefficient (Wildman–Crippen LogP) is 5.57. The second kappa shape index (κ2) is 16.2. The van der Waals surface area contributed by atoms with E-state index in [1.165, 1.54) is 0 Å². The second-order valence-corrected chi connectivity index (χ2v) is 9.54. The minimum Gasteiger partial charge on any atom is -0.494 e. The van der Waals surface area contributed by atoms with Crippen LogP contribution in [-0.2, 0) is 28.5 Å². The molecule has 0 saturated heterocycles. The van der Waals surface area contributed by atoms with Crippen LogP contribution in [0.25, 0.3) is 0 Å². The van der Waals surface area contributed by atoms with Crippen molar-refractivity contribution in [3.8, 4) is 11.5 Å². The van der Waals surface area contributed by atoms with Gasteiger partial charge in [0, 0.05) is 23.6 Å². The Balaban J connectivity index is 1.56. The van der Waals surface area contributed by atoms with Crippen LogP contribution in [0.15, 0.2) is 96.9 Å². The minimum absolute atomic E-state index is 0.0711. The zero-order valence-electron chi connectivity index (χ0n) is 23.2. The molecule has 1 aromatic rings. The normalized spacial score (nSPS) is 17.2. The summed E-state index contributed by atoms with van der Waals surface area (Å²) < 4.78 is 34.6. The number of hydrogen-bond donors (Lipinski definition) is 0. The van der Waals surface area contributed by atoms with Crippen molar-refractivity contribution in [3.63, 3.8) is 0 Å². The minimum atomic E-state index is -0.646. The van der Waals surface area contributed by atoms with E-state index in [0.717, 1.165) is 25.0 Å². The van der Waals surface area contributed by atoms with E-state index in [0.29, 0.717) is 22.6 Å². The smallest absolute Gasteiger partial charge is 0.333 e. The third-order valence-electron chi connectivity index (χ3n) is 5.79. The van der Waals surface area contributed by atoms with Crippen LogP contribution in [0.4, 0.5) is 0 Å². The Morgan fingerprint density at radius 3 is 2.02 bits per heavy atom. The lowest BCUT2D eigenvalue weighted by atomic mass is 10.1. The lowest BCUT2D eigenvalue weighted by Gasteiger charge is -2.22. The van der Waals surface area contributed by atoms with E-state index in [1.54, 1.807) is 38.1 Å². The molecule has 0 bridgehead atoms. The van der Waals surface area contributed by atoms with Crippen LogP contribution in [0.5, 0.6) is 11.5 Å². The molecule has 0 fully saturated rings. The molecule has 8 nitrogen and oxygen atoms in total. The number of allylic oxidation sites excluding steroid dienone is 6. The predicted molar refractivity (Wildman–Crippen MR) is 152 cm³/mol. The maximum Gasteiger partial charge on any atom is 0.333 e. The van der Waals surface area contributed by atoms with Crippen LogP contribution in [0.2, 0.25) is 0 Å². The summed E-state index contributed by atoms with van der Waals surface area (Å²) in [5.74, 6) is 0.839. The summed E-state index contributed by atoms with van der Waals surface area (Å²) in [6.45, 7) is 10.9. The van der Waals surface area contributed by atoms with Crippen LogP contribution < -0.4 is 9.47 Å². The number of benzene rings is 1. The van der Waals surface area contributed by atoms with Gasteiger partial charge in [-0.25, -0.2) is 9.59 Å². The number of esters is 2. The van der Waals surface area contributed by atoms with Gasteiger partial charge in [-0.1, -0.05) is 55.7 Å². The van der Waals surface area contributed by atoms with Gasteiger partial charge in [-0.05, 0) is 44.9 Å². The van der Waals surface area contributed by atoms with Gasteiger partial charge in [0.2, 0.25) is 0 Å². The van der Waals surface area contributed by atoms with E-state index in [9.17, 15) is 9.59 Å². The molecule has 0 radical (unpaired) electrons. The number of carbonyl (C=O) groups is 2. The molecule has 0 N–H and O–H groups in total. The molecule has 1 aromatic carbocycles. The van der Waals surface area contributed by atoms with Crippen LogP contribution >= 0.6 is 0 Å². The molecule has 0 aromatic heterocycles. The van der Waals surface area contributed by atoms with E-state index < -0.39 is 24.1 Å². The average Bonchev–Trinajstić information content (AvgIpc) is 2.96. The van der Waals surface area contributed by atoms with E-state index in [-0.39, 0.29) is 32.5 Å². The van der Waals surface area contributed by atoms with Crippen molar-refractivity contribution >= 4 is 11.9 Å². The standard InChI is InChI=1S/C32H38O8/c1-23(2)31(33)39-29(19-35-25-12-7-5-8-13-25)21-37-27-16-11-17-28(18-27)38-22-30(40-32(34)24(3)4)20-36-26-14-9-6-10-15-26/h5-9,11-12,14,16-18,25,29-30H,1,3,10,13,15,19-22H2,2,4H3. The van der Waals surface area contributed by atoms with Crippen LogP contribution in [0, 0.1) is 0 Å². The maximum absolute atomic E-state index is 12.2. The third-order valence-corrected chi connectivity index (χ3v) is 5.79. The highest BCUT2D eigenvalue weighted by atomic mass is 16.6. The van der Waals surface area contributed by atoms with Gasteiger partial charge in [-0.2, -0.15) is 0 Å². The summed E-state index contributed by atoms with van der Waals surface area (Å²) in [5, 5.41) is 0. The summed E-state index contributed by atoms with van der Waals surface area (Å²) in [7, 11) is 0. The first-order chi connectivity index (χ1) is 19.3. The van der Waals surface area contributed by atoms with Gasteiger partial charge in [0.25, 0.3) is 0 Å². The monoisotopic (exact) mass is 550 g/mol. The Hall–Kier alpha value is -4.04. The van der Waals surface area contributed by atoms with Gasteiger partial charge in [0.15, 0.2) is 12.2 Å². The third kappa shape index (κ3) is 11.0. The first-order valence-electron chi connectivity index (χ1n) is 13.3. The van der Waals surface area contributed by atoms with Crippen molar-refractivity contribution in [2.75, 3.05) is 26.4 Å². The molecule has 0 amide bonds. The number of hydrogen-bond acceptors (Lipinski definition) is 8. The number of rotatable bonds is 16. The summed E-state index contributed by atoms with van der Waals surface area (Å²) >= 11 is 0. The van der Waals surface area contributed by atoms with E-state index in [2.05, 4.69) is 19.2 Å². The average molecular weight is 551 g/mol. The second-order valence-electron chi connectivity index (χ2n) is 9.54. The van der Waals surface area contributed by atoms with Crippen LogP contribution in [-0.4, -0.2) is 56.7 Å². The molecular formula is C32H38O8. The molecule has 0 saturated carbocycles. The van der Waals surface area contributed by atoms with Gasteiger partial charge in [-0.3, -0.25) is 0 Å². The molecule has 3 atom stereocenters. The van der Waals surface area contributed by atoms with Crippen molar-refractivity contribution in [1.29, 1.82) is 0 Å². The van der Waals surface area contributed by atoms with Crippen molar-refractivity contribution in [3.05, 3.63) is 96.9 Å². The Kier molecular flexibility index (Phi) is 12.3. The SMILES string of the molecule is C=C(C)C(=O)OC(COC1=CC=CCC1)COc1cccc(OCC(COC2C=CC=CC2)OC(=O)C(=C)C)c1. The van der Waals surface area contributed by atoms with Gasteiger partial charge < -0.3 is 28.4 Å². The zero-order chi connectivity index (χ0) is 28.7. The van der Waals surface area contributed by atoms with Gasteiger partial charge >= 0.3 is 11.9 Å². The zero-order valence-corrected chi connectivity index (χ0v) is 23.2. The topological polar surface area (TPSA) is 89.5 Å². The highest BCUT2D eigenvalue weighted by Crippen LogP contribution is 2.21. The fourth-order valence-corrected chi connectivity index (χ4v) is 3.58. The summed E-state index contributed by atoms with van der Waals surface area (Å²) in [5.41, 5.74) is 0.588. The highest BCUT2D eigenvalue weighted by Gasteiger charge is 2.20. The summed E-state index contributed by atoms with van der Waals surface area (Å²) in [6.07, 6.45) is 14.8. The van der Waals surface area contributed by atoms with E-state index in [4.69, 9.17) is 28.4 Å². The number of ether oxygens (including phenoxy) is 6. The Morgan fingerprint density at radius 2 is 1.48 bits per heavy atom. The fraction of sp³-hybridized carbons (Fsp3) is 0.375. The Labute approximate surface area is 236 Å². The molecule has 0 spiro atoms. The molecular weight excluding hydrogens is 512 g/mol. The molecule has 214 valence electrons. The van der Waals surface area contributed by atoms with Gasteiger partial charge in [-0.15, -0.1) is 0 Å². The highest BCUT2D eigenvalue weighted by molar-refractivity contribution is 5.87. The number of carbonyl (C=O) groups excluding carboxylic acids is 2. The fourth-order valence-electron chi connectivity index (χ4n) is 3.58. The Bertz CT molecular complexity index is 1160. The molecule has 3 unspecified atom stereocenters. The van der Waals surface area contributed by atoms with Gasteiger partial charge in [0.1, 0.15) is 31.3 Å². The molecule has 0 aliphatic heterocycles. The van der Waals surface area contributed by atoms with Gasteiger partial charge in [0.05, 0.1) is 18.5 Å². The first kappa shape index (κ1) is 30.5. The summed E-state index contributed by atoms with van der Waals surface area (Å²) in [6, 6.07) is 7.02. The molecule has 2 aliphatic rings. The van der Waals surface area contributed by atoms with Crippen molar-refractivity contribution in [2.24, 2.45) is 0 Å². The van der Waals surface area contributed by atoms with Crippen molar-refractivity contribution in [1.82, 2.24) is 0 Å². The molecule has 40 heavy (non-hydrogen) atoms. The van der Waals surface area contributed by atoms with E-state index >= 15 is 0 Å². The van der Waals surface area contributed by atoms with Crippen LogP contribution in [0.3, 0.4) is 0 Å². The summed E-state index contributed by atoms with van der Waals surface area (Å²) in [4.78, 5) is 24.3. The molecule has 8 heteroatoms. The lowest BCUT2D eigenvalue weighted by molar-refractivity contribution is -0.150. The maximum atomic E-state index is 12.2. The molecule has 2 aliphatic carbocycles.